The molecule has 0 amide bonds. The van der Waals surface area contributed by atoms with Gasteiger partial charge in [0.05, 0.1) is 11.4 Å². The normalized spacial score (nSPS) is 19.7. The molecule has 1 aromatic carbocycles. The lowest BCUT2D eigenvalue weighted by Crippen LogP contribution is -2.44. The van der Waals surface area contributed by atoms with Crippen molar-refractivity contribution in [3.63, 3.8) is 0 Å². The largest absolute Gasteiger partial charge is 0.381 e. The lowest BCUT2D eigenvalue weighted by atomic mass is 9.97. The van der Waals surface area contributed by atoms with Crippen molar-refractivity contribution in [3.8, 4) is 0 Å². The molecule has 2 heteroatoms. The van der Waals surface area contributed by atoms with Crippen molar-refractivity contribution in [1.29, 1.82) is 0 Å². The molecule has 0 fully saturated rings. The van der Waals surface area contributed by atoms with Gasteiger partial charge in [0.1, 0.15) is 0 Å². The maximum atomic E-state index is 3.54. The molecule has 0 spiro atoms. The zero-order valence-corrected chi connectivity index (χ0v) is 12.7. The van der Waals surface area contributed by atoms with Gasteiger partial charge in [-0.3, -0.25) is 0 Å². The van der Waals surface area contributed by atoms with Crippen LogP contribution in [0, 0.1) is 5.92 Å². The number of nitrogens with zero attached hydrogens (tertiary/aromatic N) is 1. The lowest BCUT2D eigenvalue weighted by Gasteiger charge is -2.39. The van der Waals surface area contributed by atoms with Gasteiger partial charge in [0, 0.05) is 19.1 Å². The first-order valence-corrected chi connectivity index (χ1v) is 7.85. The van der Waals surface area contributed by atoms with Crippen LogP contribution in [0.25, 0.3) is 0 Å². The minimum absolute atomic E-state index is 0.588. The van der Waals surface area contributed by atoms with Gasteiger partial charge in [-0.05, 0) is 31.4 Å². The Balaban J connectivity index is 2.09. The molecular weight excluding hydrogens is 232 g/mol. The molecule has 0 radical (unpaired) electrons. The predicted molar refractivity (Wildman–Crippen MR) is 85.0 cm³/mol. The number of rotatable bonds is 6. The summed E-state index contributed by atoms with van der Waals surface area (Å²) in [5, 5.41) is 3.54. The van der Waals surface area contributed by atoms with Gasteiger partial charge in [-0.1, -0.05) is 45.2 Å². The number of hydrogen-bond donors (Lipinski definition) is 1. The van der Waals surface area contributed by atoms with Gasteiger partial charge in [0.15, 0.2) is 0 Å². The molecule has 1 aliphatic rings. The maximum Gasteiger partial charge on any atom is 0.0605 e. The molecule has 1 aromatic rings. The van der Waals surface area contributed by atoms with Gasteiger partial charge in [0.25, 0.3) is 0 Å². The van der Waals surface area contributed by atoms with Crippen molar-refractivity contribution >= 4 is 11.4 Å². The van der Waals surface area contributed by atoms with Gasteiger partial charge >= 0.3 is 0 Å². The Labute approximate surface area is 118 Å². The molecule has 0 saturated carbocycles. The van der Waals surface area contributed by atoms with Gasteiger partial charge in [0.2, 0.25) is 0 Å². The van der Waals surface area contributed by atoms with E-state index in [1.165, 1.54) is 43.6 Å². The van der Waals surface area contributed by atoms with Crippen molar-refractivity contribution in [1.82, 2.24) is 0 Å². The van der Waals surface area contributed by atoms with Crippen molar-refractivity contribution in [2.45, 2.75) is 52.5 Å². The third-order valence-electron chi connectivity index (χ3n) is 4.33. The molecule has 106 valence electrons. The zero-order chi connectivity index (χ0) is 13.7. The van der Waals surface area contributed by atoms with Crippen molar-refractivity contribution in [2.24, 2.45) is 5.92 Å². The molecule has 19 heavy (non-hydrogen) atoms. The molecule has 0 saturated heterocycles. The molecule has 1 N–H and O–H groups in total. The number of hydrogen-bond acceptors (Lipinski definition) is 2. The molecule has 2 unspecified atom stereocenters. The molecule has 0 aliphatic carbocycles. The summed E-state index contributed by atoms with van der Waals surface area (Å²) >= 11 is 0. The topological polar surface area (TPSA) is 15.3 Å². The second kappa shape index (κ2) is 6.83. The van der Waals surface area contributed by atoms with Crippen LogP contribution in [-0.4, -0.2) is 19.1 Å². The first-order valence-electron chi connectivity index (χ1n) is 7.85. The fourth-order valence-electron chi connectivity index (χ4n) is 2.95. The Kier molecular flexibility index (Phi) is 5.12. The summed E-state index contributed by atoms with van der Waals surface area (Å²) in [4.78, 5) is 2.61. The third-order valence-corrected chi connectivity index (χ3v) is 4.33. The van der Waals surface area contributed by atoms with E-state index in [-0.39, 0.29) is 0 Å². The molecule has 2 nitrogen and oxygen atoms in total. The Morgan fingerprint density at radius 2 is 2.11 bits per heavy atom. The molecule has 1 aliphatic heterocycles. The summed E-state index contributed by atoms with van der Waals surface area (Å²) in [7, 11) is 0. The van der Waals surface area contributed by atoms with Crippen LogP contribution in [0.1, 0.15) is 46.5 Å². The van der Waals surface area contributed by atoms with Crippen LogP contribution < -0.4 is 10.2 Å². The number of anilines is 2. The summed E-state index contributed by atoms with van der Waals surface area (Å²) in [6, 6.07) is 9.31. The minimum atomic E-state index is 0.588. The quantitative estimate of drug-likeness (QED) is 0.808. The average molecular weight is 260 g/mol. The van der Waals surface area contributed by atoms with E-state index in [1.54, 1.807) is 0 Å². The van der Waals surface area contributed by atoms with Gasteiger partial charge < -0.3 is 10.2 Å². The number of nitrogens with one attached hydrogen (secondary N) is 1. The van der Waals surface area contributed by atoms with E-state index in [4.69, 9.17) is 0 Å². The monoisotopic (exact) mass is 260 g/mol. The highest BCUT2D eigenvalue weighted by atomic mass is 15.2. The van der Waals surface area contributed by atoms with E-state index in [9.17, 15) is 0 Å². The standard InChI is InChI=1S/C17H28N2/c1-4-6-9-15(5-2)13-19-14(3)12-18-16-10-7-8-11-17(16)19/h7-8,10-11,14-15,18H,4-6,9,12-13H2,1-3H3. The first-order chi connectivity index (χ1) is 9.26. The summed E-state index contributed by atoms with van der Waals surface area (Å²) < 4.78 is 0. The molecule has 0 bridgehead atoms. The van der Waals surface area contributed by atoms with Crippen LogP contribution in [0.15, 0.2) is 24.3 Å². The second-order valence-corrected chi connectivity index (χ2v) is 5.82. The Bertz CT molecular complexity index is 389. The van der Waals surface area contributed by atoms with Crippen LogP contribution in [0.4, 0.5) is 11.4 Å². The maximum absolute atomic E-state index is 3.54. The molecular formula is C17H28N2. The van der Waals surface area contributed by atoms with Crippen LogP contribution >= 0.6 is 0 Å². The molecule has 2 atom stereocenters. The van der Waals surface area contributed by atoms with Gasteiger partial charge in [-0.25, -0.2) is 0 Å². The van der Waals surface area contributed by atoms with Crippen molar-refractivity contribution in [2.75, 3.05) is 23.3 Å². The number of benzene rings is 1. The van der Waals surface area contributed by atoms with E-state index >= 15 is 0 Å². The molecule has 0 aromatic heterocycles. The van der Waals surface area contributed by atoms with E-state index < -0.39 is 0 Å². The van der Waals surface area contributed by atoms with Crippen molar-refractivity contribution in [3.05, 3.63) is 24.3 Å². The summed E-state index contributed by atoms with van der Waals surface area (Å²) in [5.41, 5.74) is 2.68. The van der Waals surface area contributed by atoms with E-state index in [0.29, 0.717) is 6.04 Å². The second-order valence-electron chi connectivity index (χ2n) is 5.82. The smallest absolute Gasteiger partial charge is 0.0605 e. The number of fused-ring (bicyclic) bond motifs is 1. The van der Waals surface area contributed by atoms with Crippen LogP contribution in [-0.2, 0) is 0 Å². The van der Waals surface area contributed by atoms with Crippen molar-refractivity contribution < 1.29 is 0 Å². The highest BCUT2D eigenvalue weighted by Crippen LogP contribution is 2.32. The zero-order valence-electron chi connectivity index (χ0n) is 12.7. The summed E-state index contributed by atoms with van der Waals surface area (Å²) in [6.45, 7) is 9.21. The van der Waals surface area contributed by atoms with E-state index in [0.717, 1.165) is 12.5 Å². The highest BCUT2D eigenvalue weighted by molar-refractivity contribution is 5.72. The fraction of sp³-hybridized carbons (Fsp3) is 0.647. The number of para-hydroxylation sites is 2. The molecule has 2 rings (SSSR count). The van der Waals surface area contributed by atoms with Crippen LogP contribution in [0.2, 0.25) is 0 Å². The lowest BCUT2D eigenvalue weighted by molar-refractivity contribution is 0.431. The minimum Gasteiger partial charge on any atom is -0.381 e. The molecule has 1 heterocycles. The SMILES string of the molecule is CCCCC(CC)CN1c2ccccc2NCC1C. The predicted octanol–water partition coefficient (Wildman–Crippen LogP) is 4.52. The van der Waals surface area contributed by atoms with Gasteiger partial charge in [-0.2, -0.15) is 0 Å². The van der Waals surface area contributed by atoms with E-state index in [2.05, 4.69) is 55.3 Å². The third kappa shape index (κ3) is 3.43. The van der Waals surface area contributed by atoms with Crippen LogP contribution in [0.5, 0.6) is 0 Å². The Hall–Kier alpha value is -1.18. The summed E-state index contributed by atoms with van der Waals surface area (Å²) in [6.07, 6.45) is 5.33. The fourth-order valence-corrected chi connectivity index (χ4v) is 2.95. The highest BCUT2D eigenvalue weighted by Gasteiger charge is 2.24. The first kappa shape index (κ1) is 14.2. The average Bonchev–Trinajstić information content (AvgIpc) is 2.45. The Morgan fingerprint density at radius 1 is 1.32 bits per heavy atom. The van der Waals surface area contributed by atoms with Gasteiger partial charge in [-0.15, -0.1) is 0 Å². The summed E-state index contributed by atoms with van der Waals surface area (Å²) in [5.74, 6) is 0.827. The van der Waals surface area contributed by atoms with Crippen LogP contribution in [0.3, 0.4) is 0 Å². The Morgan fingerprint density at radius 3 is 2.84 bits per heavy atom. The number of unbranched alkanes of at least 4 members (excludes halogenated alkanes) is 1. The van der Waals surface area contributed by atoms with E-state index in [1.807, 2.05) is 0 Å².